The molecule has 0 heterocycles. The van der Waals surface area contributed by atoms with Gasteiger partial charge in [0.05, 0.1) is 0 Å². The maximum absolute atomic E-state index is 12.4. The number of carbonyl (C=O) groups excluding carboxylic acids is 1. The van der Waals surface area contributed by atoms with Gasteiger partial charge < -0.3 is 0 Å². The third-order valence-corrected chi connectivity index (χ3v) is 6.46. The first-order valence-electron chi connectivity index (χ1n) is 10.2. The van der Waals surface area contributed by atoms with Crippen molar-refractivity contribution in [1.82, 2.24) is 0 Å². The molecule has 0 atom stereocenters. The zero-order valence-corrected chi connectivity index (χ0v) is 19.0. The van der Waals surface area contributed by atoms with Crippen LogP contribution in [0.5, 0.6) is 0 Å². The van der Waals surface area contributed by atoms with E-state index in [2.05, 4.69) is 19.1 Å². The van der Waals surface area contributed by atoms with Gasteiger partial charge in [0, 0.05) is 11.1 Å². The second-order valence-electron chi connectivity index (χ2n) is 7.43. The van der Waals surface area contributed by atoms with E-state index < -0.39 is 7.80 Å². The molecule has 0 aliphatic carbocycles. The van der Waals surface area contributed by atoms with Crippen LogP contribution in [0.15, 0.2) is 103 Å². The topological polar surface area (TPSA) is 34.1 Å². The Morgan fingerprint density at radius 3 is 1.42 bits per heavy atom. The van der Waals surface area contributed by atoms with Crippen LogP contribution in [0.4, 0.5) is 0 Å². The smallest absolute Gasteiger partial charge is 0.289 e. The molecule has 0 amide bonds. The van der Waals surface area contributed by atoms with E-state index in [9.17, 15) is 9.36 Å². The van der Waals surface area contributed by atoms with Gasteiger partial charge in [-0.2, -0.15) is 0 Å². The minimum Gasteiger partial charge on any atom is -0.289 e. The van der Waals surface area contributed by atoms with Crippen molar-refractivity contribution in [3.63, 3.8) is 0 Å². The number of rotatable bonds is 4. The largest absolute Gasteiger partial charge is 0.415 e. The van der Waals surface area contributed by atoms with Crippen LogP contribution in [-0.4, -0.2) is 5.78 Å². The van der Waals surface area contributed by atoms with Crippen molar-refractivity contribution >= 4 is 24.2 Å². The van der Waals surface area contributed by atoms with Gasteiger partial charge in [0.15, 0.2) is 16.4 Å². The van der Waals surface area contributed by atoms with Gasteiger partial charge in [0.25, 0.3) is 0 Å². The van der Waals surface area contributed by atoms with Crippen molar-refractivity contribution in [3.8, 4) is 0 Å². The summed E-state index contributed by atoms with van der Waals surface area (Å²) in [5.41, 5.74) is 4.89. The van der Waals surface area contributed by atoms with Gasteiger partial charge in [-0.1, -0.05) is 89.0 Å². The molecule has 0 fully saturated rings. The van der Waals surface area contributed by atoms with Crippen LogP contribution < -0.4 is 10.6 Å². The van der Waals surface area contributed by atoms with Crippen molar-refractivity contribution in [3.05, 3.63) is 131 Å². The molecule has 0 N–H and O–H groups in total. The lowest BCUT2D eigenvalue weighted by atomic mass is 9.93. The van der Waals surface area contributed by atoms with Crippen molar-refractivity contribution < 1.29 is 9.36 Å². The number of benzene rings is 4. The molecule has 4 aromatic rings. The van der Waals surface area contributed by atoms with Gasteiger partial charge >= 0.3 is 7.80 Å². The molecule has 31 heavy (non-hydrogen) atoms. The fraction of sp³-hybridized carbons (Fsp3) is 0.107. The van der Waals surface area contributed by atoms with Crippen molar-refractivity contribution in [2.45, 2.75) is 20.8 Å². The van der Waals surface area contributed by atoms with E-state index in [0.29, 0.717) is 0 Å². The maximum Gasteiger partial charge on any atom is 0.415 e. The van der Waals surface area contributed by atoms with Crippen molar-refractivity contribution in [1.29, 1.82) is 0 Å². The highest BCUT2D eigenvalue weighted by atomic mass is 31.1. The minimum absolute atomic E-state index is 0.112. The standard InChI is InChI=1S/C16H16O.C12H10OP/c1-11-9-12(2)15(13(3)10-11)16(17)14-7-5-4-6-8-14;13-14(11-7-3-1-4-8-11)12-9-5-2-6-10-12/h4-10H,1-3H3;1-10H/q;+1. The molecule has 0 aliphatic heterocycles. The Balaban J connectivity index is 0.000000179. The molecule has 0 spiro atoms. The summed E-state index contributed by atoms with van der Waals surface area (Å²) in [6.45, 7) is 6.04. The fourth-order valence-corrected chi connectivity index (χ4v) is 4.73. The van der Waals surface area contributed by atoms with Gasteiger partial charge in [-0.25, -0.2) is 0 Å². The highest BCUT2D eigenvalue weighted by Crippen LogP contribution is 2.20. The molecule has 0 unspecified atom stereocenters. The van der Waals surface area contributed by atoms with Gasteiger partial charge in [-0.05, 0) is 56.2 Å². The zero-order valence-electron chi connectivity index (χ0n) is 18.1. The van der Waals surface area contributed by atoms with Crippen LogP contribution in [0.1, 0.15) is 32.6 Å². The second kappa shape index (κ2) is 10.6. The Bertz CT molecular complexity index is 1100. The fourth-order valence-electron chi connectivity index (χ4n) is 3.55. The van der Waals surface area contributed by atoms with E-state index in [-0.39, 0.29) is 5.78 Å². The Labute approximate surface area is 185 Å². The van der Waals surface area contributed by atoms with Gasteiger partial charge in [-0.15, -0.1) is 0 Å². The molecular weight excluding hydrogens is 399 g/mol. The third-order valence-electron chi connectivity index (χ3n) is 4.92. The average molecular weight is 425 g/mol. The number of ketones is 1. The lowest BCUT2D eigenvalue weighted by molar-refractivity contribution is 0.103. The summed E-state index contributed by atoms with van der Waals surface area (Å²) in [4.78, 5) is 12.4. The van der Waals surface area contributed by atoms with E-state index in [1.807, 2.05) is 105 Å². The van der Waals surface area contributed by atoms with Crippen LogP contribution in [-0.2, 0) is 4.57 Å². The van der Waals surface area contributed by atoms with E-state index in [4.69, 9.17) is 0 Å². The first-order valence-corrected chi connectivity index (χ1v) is 11.5. The van der Waals surface area contributed by atoms with Crippen LogP contribution in [0.2, 0.25) is 0 Å². The average Bonchev–Trinajstić information content (AvgIpc) is 2.80. The van der Waals surface area contributed by atoms with Crippen LogP contribution in [0.25, 0.3) is 0 Å². The molecule has 0 bridgehead atoms. The summed E-state index contributed by atoms with van der Waals surface area (Å²) in [6, 6.07) is 32.6. The summed E-state index contributed by atoms with van der Waals surface area (Å²) < 4.78 is 12.0. The summed E-state index contributed by atoms with van der Waals surface area (Å²) in [5.74, 6) is 0.112. The molecule has 2 nitrogen and oxygen atoms in total. The predicted molar refractivity (Wildman–Crippen MR) is 130 cm³/mol. The summed E-state index contributed by atoms with van der Waals surface area (Å²) in [5, 5.41) is 1.77. The molecule has 3 heteroatoms. The molecule has 0 radical (unpaired) electrons. The lowest BCUT2D eigenvalue weighted by Crippen LogP contribution is -2.06. The quantitative estimate of drug-likeness (QED) is 0.284. The van der Waals surface area contributed by atoms with E-state index in [0.717, 1.165) is 32.9 Å². The number of carbonyl (C=O) groups is 1. The van der Waals surface area contributed by atoms with Gasteiger partial charge in [0.2, 0.25) is 0 Å². The number of aryl methyl sites for hydroxylation is 3. The Morgan fingerprint density at radius 1 is 0.613 bits per heavy atom. The first kappa shape index (κ1) is 22.3. The van der Waals surface area contributed by atoms with E-state index >= 15 is 0 Å². The summed E-state index contributed by atoms with van der Waals surface area (Å²) in [7, 11) is -1.42. The SMILES string of the molecule is Cc1cc(C)c(C(=O)c2ccccc2)c(C)c1.O=[P+](c1ccccc1)c1ccccc1. The van der Waals surface area contributed by atoms with Crippen LogP contribution >= 0.6 is 7.80 Å². The second-order valence-corrected chi connectivity index (χ2v) is 9.06. The monoisotopic (exact) mass is 425 g/mol. The predicted octanol–water partition coefficient (Wildman–Crippen LogP) is 6.31. The number of hydrogen-bond acceptors (Lipinski definition) is 2. The Morgan fingerprint density at radius 2 is 1.00 bits per heavy atom. The Kier molecular flexibility index (Phi) is 7.65. The molecule has 0 saturated carbocycles. The molecule has 0 aliphatic rings. The number of hydrogen-bond donors (Lipinski definition) is 0. The van der Waals surface area contributed by atoms with E-state index in [1.165, 1.54) is 5.56 Å². The first-order chi connectivity index (χ1) is 15.0. The highest BCUT2D eigenvalue weighted by Gasteiger charge is 2.21. The summed E-state index contributed by atoms with van der Waals surface area (Å²) >= 11 is 0. The van der Waals surface area contributed by atoms with Crippen LogP contribution in [0.3, 0.4) is 0 Å². The minimum atomic E-state index is -1.42. The van der Waals surface area contributed by atoms with Gasteiger partial charge in [-0.3, -0.25) is 4.79 Å². The summed E-state index contributed by atoms with van der Waals surface area (Å²) in [6.07, 6.45) is 0. The maximum atomic E-state index is 12.4. The normalized spacial score (nSPS) is 10.0. The Hall–Kier alpha value is -3.35. The highest BCUT2D eigenvalue weighted by molar-refractivity contribution is 7.61. The van der Waals surface area contributed by atoms with Crippen molar-refractivity contribution in [2.24, 2.45) is 0 Å². The lowest BCUT2D eigenvalue weighted by Gasteiger charge is -2.10. The molecule has 4 rings (SSSR count). The molecule has 0 aromatic heterocycles. The zero-order chi connectivity index (χ0) is 22.2. The molecule has 154 valence electrons. The molecule has 0 saturated heterocycles. The molecule has 4 aromatic carbocycles. The van der Waals surface area contributed by atoms with E-state index in [1.54, 1.807) is 0 Å². The van der Waals surface area contributed by atoms with Crippen LogP contribution in [0, 0.1) is 20.8 Å². The van der Waals surface area contributed by atoms with Crippen molar-refractivity contribution in [2.75, 3.05) is 0 Å². The van der Waals surface area contributed by atoms with Gasteiger partial charge in [0.1, 0.15) is 0 Å². The third kappa shape index (κ3) is 5.84. The molecular formula is C28H26O2P+.